The summed E-state index contributed by atoms with van der Waals surface area (Å²) in [4.78, 5) is 0. The first-order valence-corrected chi connectivity index (χ1v) is 6.20. The van der Waals surface area contributed by atoms with Crippen molar-refractivity contribution in [2.75, 3.05) is 0 Å². The number of allylic oxidation sites excluding steroid dienone is 2. The van der Waals surface area contributed by atoms with Crippen molar-refractivity contribution in [2.24, 2.45) is 17.3 Å². The molecule has 2 unspecified atom stereocenters. The molecule has 0 spiro atoms. The Labute approximate surface area is 89.8 Å². The summed E-state index contributed by atoms with van der Waals surface area (Å²) in [5.74, 6) is 1.62. The summed E-state index contributed by atoms with van der Waals surface area (Å²) in [7, 11) is 0. The van der Waals surface area contributed by atoms with Crippen LogP contribution >= 0.6 is 0 Å². The predicted molar refractivity (Wildman–Crippen MR) is 64.3 cm³/mol. The average molecular weight is 194 g/mol. The second-order valence-electron chi connectivity index (χ2n) is 5.42. The molecule has 0 aromatic rings. The number of hydrogen-bond acceptors (Lipinski definition) is 0. The summed E-state index contributed by atoms with van der Waals surface area (Å²) in [6.07, 6.45) is 3.93. The van der Waals surface area contributed by atoms with Gasteiger partial charge in [-0.15, -0.1) is 0 Å². The summed E-state index contributed by atoms with van der Waals surface area (Å²) >= 11 is 0. The lowest BCUT2D eigenvalue weighted by Gasteiger charge is -2.50. The summed E-state index contributed by atoms with van der Waals surface area (Å²) < 4.78 is 0. The molecule has 0 N–H and O–H groups in total. The largest absolute Gasteiger partial charge is 0.0654 e. The topological polar surface area (TPSA) is 0 Å². The molecule has 0 fully saturated rings. The molecule has 0 saturated carbocycles. The standard InChI is InChI=1S/C14H26/c1-7-9-10(3)13-11(4)14(5,6)12(13)8-2/h10-11H,7-9H2,1-6H3. The maximum absolute atomic E-state index is 2.40. The fourth-order valence-electron chi connectivity index (χ4n) is 3.18. The van der Waals surface area contributed by atoms with Gasteiger partial charge in [0.25, 0.3) is 0 Å². The van der Waals surface area contributed by atoms with E-state index < -0.39 is 0 Å². The zero-order valence-electron chi connectivity index (χ0n) is 10.8. The maximum Gasteiger partial charge on any atom is -0.00789 e. The summed E-state index contributed by atoms with van der Waals surface area (Å²) in [6, 6.07) is 0. The molecule has 14 heavy (non-hydrogen) atoms. The fourth-order valence-corrected chi connectivity index (χ4v) is 3.18. The molecule has 0 heteroatoms. The summed E-state index contributed by atoms with van der Waals surface area (Å²) in [5, 5.41) is 0. The first kappa shape index (κ1) is 11.8. The van der Waals surface area contributed by atoms with Gasteiger partial charge in [0.1, 0.15) is 0 Å². The molecule has 82 valence electrons. The zero-order chi connectivity index (χ0) is 10.9. The average Bonchev–Trinajstić information content (AvgIpc) is 2.12. The molecular weight excluding hydrogens is 168 g/mol. The van der Waals surface area contributed by atoms with Crippen molar-refractivity contribution < 1.29 is 0 Å². The van der Waals surface area contributed by atoms with E-state index in [0.717, 1.165) is 11.8 Å². The fraction of sp³-hybridized carbons (Fsp3) is 0.857. The van der Waals surface area contributed by atoms with Gasteiger partial charge in [0.05, 0.1) is 0 Å². The van der Waals surface area contributed by atoms with Crippen LogP contribution in [0.2, 0.25) is 0 Å². The molecule has 0 amide bonds. The van der Waals surface area contributed by atoms with E-state index in [1.807, 2.05) is 0 Å². The lowest BCUT2D eigenvalue weighted by molar-refractivity contribution is 0.227. The van der Waals surface area contributed by atoms with E-state index in [0.29, 0.717) is 5.41 Å². The van der Waals surface area contributed by atoms with Crippen LogP contribution in [0.3, 0.4) is 0 Å². The van der Waals surface area contributed by atoms with Crippen molar-refractivity contribution in [1.29, 1.82) is 0 Å². The Morgan fingerprint density at radius 2 is 1.86 bits per heavy atom. The van der Waals surface area contributed by atoms with E-state index in [2.05, 4.69) is 41.5 Å². The normalized spacial score (nSPS) is 27.4. The van der Waals surface area contributed by atoms with Crippen molar-refractivity contribution in [1.82, 2.24) is 0 Å². The Morgan fingerprint density at radius 1 is 1.29 bits per heavy atom. The Bertz CT molecular complexity index is 232. The molecule has 1 rings (SSSR count). The highest BCUT2D eigenvalue weighted by atomic mass is 14.5. The third-order valence-corrected chi connectivity index (χ3v) is 4.28. The van der Waals surface area contributed by atoms with E-state index in [1.165, 1.54) is 19.3 Å². The second kappa shape index (κ2) is 4.08. The molecule has 0 bridgehead atoms. The minimum Gasteiger partial charge on any atom is -0.0654 e. The van der Waals surface area contributed by atoms with Gasteiger partial charge in [0.2, 0.25) is 0 Å². The first-order valence-electron chi connectivity index (χ1n) is 6.20. The van der Waals surface area contributed by atoms with Gasteiger partial charge >= 0.3 is 0 Å². The molecule has 0 saturated heterocycles. The highest BCUT2D eigenvalue weighted by Crippen LogP contribution is 2.55. The third-order valence-electron chi connectivity index (χ3n) is 4.28. The summed E-state index contributed by atoms with van der Waals surface area (Å²) in [5.41, 5.74) is 4.00. The van der Waals surface area contributed by atoms with Crippen molar-refractivity contribution in [3.8, 4) is 0 Å². The maximum atomic E-state index is 2.40. The van der Waals surface area contributed by atoms with Crippen LogP contribution in [0.25, 0.3) is 0 Å². The minimum atomic E-state index is 0.478. The van der Waals surface area contributed by atoms with Crippen LogP contribution < -0.4 is 0 Å². The molecule has 2 atom stereocenters. The van der Waals surface area contributed by atoms with Crippen molar-refractivity contribution in [3.63, 3.8) is 0 Å². The van der Waals surface area contributed by atoms with Gasteiger partial charge in [-0.3, -0.25) is 0 Å². The minimum absolute atomic E-state index is 0.478. The highest BCUT2D eigenvalue weighted by molar-refractivity contribution is 5.37. The van der Waals surface area contributed by atoms with Gasteiger partial charge in [-0.2, -0.15) is 0 Å². The molecule has 1 aliphatic rings. The van der Waals surface area contributed by atoms with Crippen LogP contribution in [0, 0.1) is 17.3 Å². The predicted octanol–water partition coefficient (Wildman–Crippen LogP) is 4.81. The summed E-state index contributed by atoms with van der Waals surface area (Å²) in [6.45, 7) is 14.2. The molecule has 0 nitrogen and oxygen atoms in total. The lowest BCUT2D eigenvalue weighted by atomic mass is 9.55. The first-order chi connectivity index (χ1) is 6.46. The van der Waals surface area contributed by atoms with Crippen molar-refractivity contribution in [2.45, 2.75) is 60.8 Å². The van der Waals surface area contributed by atoms with Gasteiger partial charge in [0, 0.05) is 0 Å². The SMILES string of the molecule is CCCC(C)C1=C(CC)C(C)(C)C1C. The quantitative estimate of drug-likeness (QED) is 0.564. The van der Waals surface area contributed by atoms with Crippen LogP contribution in [0.1, 0.15) is 60.8 Å². The second-order valence-corrected chi connectivity index (χ2v) is 5.42. The van der Waals surface area contributed by atoms with Gasteiger partial charge < -0.3 is 0 Å². The Balaban J connectivity index is 2.86. The van der Waals surface area contributed by atoms with Gasteiger partial charge in [0.15, 0.2) is 0 Å². The molecule has 0 aliphatic heterocycles. The molecule has 0 radical (unpaired) electrons. The van der Waals surface area contributed by atoms with Crippen LogP contribution in [0.4, 0.5) is 0 Å². The Morgan fingerprint density at radius 3 is 2.29 bits per heavy atom. The molecule has 1 aliphatic carbocycles. The van der Waals surface area contributed by atoms with E-state index in [-0.39, 0.29) is 0 Å². The van der Waals surface area contributed by atoms with Gasteiger partial charge in [-0.1, -0.05) is 59.1 Å². The van der Waals surface area contributed by atoms with Crippen LogP contribution in [-0.2, 0) is 0 Å². The van der Waals surface area contributed by atoms with Gasteiger partial charge in [-0.05, 0) is 30.1 Å². The monoisotopic (exact) mass is 194 g/mol. The van der Waals surface area contributed by atoms with Crippen LogP contribution in [-0.4, -0.2) is 0 Å². The van der Waals surface area contributed by atoms with Crippen molar-refractivity contribution in [3.05, 3.63) is 11.1 Å². The molecule has 0 aromatic heterocycles. The van der Waals surface area contributed by atoms with Crippen LogP contribution in [0.5, 0.6) is 0 Å². The van der Waals surface area contributed by atoms with Crippen molar-refractivity contribution >= 4 is 0 Å². The smallest absolute Gasteiger partial charge is 0.00789 e. The third kappa shape index (κ3) is 1.64. The zero-order valence-corrected chi connectivity index (χ0v) is 10.8. The van der Waals surface area contributed by atoms with E-state index >= 15 is 0 Å². The van der Waals surface area contributed by atoms with E-state index in [9.17, 15) is 0 Å². The number of rotatable bonds is 4. The molecule has 0 heterocycles. The lowest BCUT2D eigenvalue weighted by Crippen LogP contribution is -2.39. The Hall–Kier alpha value is -0.260. The van der Waals surface area contributed by atoms with Crippen LogP contribution in [0.15, 0.2) is 11.1 Å². The molecular formula is C14H26. The van der Waals surface area contributed by atoms with Gasteiger partial charge in [-0.25, -0.2) is 0 Å². The Kier molecular flexibility index (Phi) is 3.44. The highest BCUT2D eigenvalue weighted by Gasteiger charge is 2.43. The number of hydrogen-bond donors (Lipinski definition) is 0. The van der Waals surface area contributed by atoms with E-state index in [4.69, 9.17) is 0 Å². The molecule has 0 aromatic carbocycles. The van der Waals surface area contributed by atoms with E-state index in [1.54, 1.807) is 11.1 Å².